The van der Waals surface area contributed by atoms with Crippen molar-refractivity contribution in [3.63, 3.8) is 0 Å². The van der Waals surface area contributed by atoms with Crippen molar-refractivity contribution >= 4 is 29.3 Å². The molecule has 0 aliphatic carbocycles. The molecule has 1 aromatic rings. The number of hydrogen-bond acceptors (Lipinski definition) is 6. The molecule has 4 amide bonds. The normalized spacial score (nSPS) is 19.5. The Kier molecular flexibility index (Phi) is 8.67. The quantitative estimate of drug-likeness (QED) is 0.343. The smallest absolute Gasteiger partial charge is 0.259 e. The third-order valence-electron chi connectivity index (χ3n) is 6.00. The zero-order chi connectivity index (χ0) is 25.7. The summed E-state index contributed by atoms with van der Waals surface area (Å²) in [6.07, 6.45) is 1.31. The number of fused-ring (bicyclic) bond motifs is 1. The van der Waals surface area contributed by atoms with Crippen LogP contribution in [0.1, 0.15) is 46.1 Å². The molecule has 0 radical (unpaired) electrons. The first kappa shape index (κ1) is 26.4. The van der Waals surface area contributed by atoms with E-state index < -0.39 is 36.0 Å². The summed E-state index contributed by atoms with van der Waals surface area (Å²) in [4.78, 5) is 52.3. The van der Waals surface area contributed by atoms with Crippen LogP contribution in [0, 0.1) is 11.8 Å². The van der Waals surface area contributed by atoms with Crippen molar-refractivity contribution in [1.29, 1.82) is 0 Å². The number of imide groups is 1. The molecule has 2 aliphatic heterocycles. The maximum Gasteiger partial charge on any atom is 0.259 e. The number of epoxide rings is 1. The molecule has 1 saturated heterocycles. The van der Waals surface area contributed by atoms with E-state index in [0.717, 1.165) is 17.7 Å². The Morgan fingerprint density at radius 1 is 1.03 bits per heavy atom. The number of carbonyl (C=O) groups is 4. The Hall–Kier alpha value is -3.20. The molecule has 1 aromatic carbocycles. The first-order valence-corrected chi connectivity index (χ1v) is 12.2. The van der Waals surface area contributed by atoms with Crippen molar-refractivity contribution in [2.24, 2.45) is 11.8 Å². The number of nitrogens with one attached hydrogen (secondary N) is 3. The van der Waals surface area contributed by atoms with Crippen LogP contribution >= 0.6 is 0 Å². The molecule has 0 unspecified atom stereocenters. The highest BCUT2D eigenvalue weighted by molar-refractivity contribution is 6.08. The van der Waals surface area contributed by atoms with E-state index in [1.165, 1.54) is 0 Å². The molecule has 0 spiro atoms. The first-order chi connectivity index (χ1) is 16.6. The lowest BCUT2D eigenvalue weighted by Gasteiger charge is -2.25. The summed E-state index contributed by atoms with van der Waals surface area (Å²) in [5.41, 5.74) is 2.43. The molecule has 2 aliphatic rings. The molecule has 2 heterocycles. The molecule has 9 heteroatoms. The van der Waals surface area contributed by atoms with Gasteiger partial charge in [0, 0.05) is 37.5 Å². The minimum absolute atomic E-state index is 0.181. The van der Waals surface area contributed by atoms with Crippen LogP contribution in [0.4, 0.5) is 5.69 Å². The van der Waals surface area contributed by atoms with E-state index in [4.69, 9.17) is 4.74 Å². The Morgan fingerprint density at radius 2 is 1.71 bits per heavy atom. The SMILES string of the molecule is CC(C)CCNC(=O)[C@@H](CC(C)C)NC(=O)[C@@H]1O[C@H]1C(=O)NC(=O)C1=CN(C)c2ccccc2C1. The molecule has 190 valence electrons. The van der Waals surface area contributed by atoms with Gasteiger partial charge < -0.3 is 20.3 Å². The maximum atomic E-state index is 12.7. The summed E-state index contributed by atoms with van der Waals surface area (Å²) in [6.45, 7) is 8.60. The van der Waals surface area contributed by atoms with Crippen LogP contribution in [0.5, 0.6) is 0 Å². The second kappa shape index (κ2) is 11.5. The highest BCUT2D eigenvalue weighted by Crippen LogP contribution is 2.28. The summed E-state index contributed by atoms with van der Waals surface area (Å²) >= 11 is 0. The number of para-hydroxylation sites is 1. The summed E-state index contributed by atoms with van der Waals surface area (Å²) in [5, 5.41) is 7.91. The highest BCUT2D eigenvalue weighted by Gasteiger charge is 2.51. The van der Waals surface area contributed by atoms with E-state index in [9.17, 15) is 19.2 Å². The number of ether oxygens (including phenoxy) is 1. The molecular formula is C26H36N4O5. The van der Waals surface area contributed by atoms with Crippen LogP contribution in [0.3, 0.4) is 0 Å². The first-order valence-electron chi connectivity index (χ1n) is 12.2. The van der Waals surface area contributed by atoms with Crippen molar-refractivity contribution in [2.45, 2.75) is 65.2 Å². The molecule has 9 nitrogen and oxygen atoms in total. The average molecular weight is 485 g/mol. The van der Waals surface area contributed by atoms with Gasteiger partial charge in [-0.15, -0.1) is 0 Å². The van der Waals surface area contributed by atoms with Gasteiger partial charge in [-0.05, 0) is 36.3 Å². The van der Waals surface area contributed by atoms with Crippen LogP contribution in [0.15, 0.2) is 36.0 Å². The van der Waals surface area contributed by atoms with Gasteiger partial charge >= 0.3 is 0 Å². The lowest BCUT2D eigenvalue weighted by atomic mass is 9.99. The van der Waals surface area contributed by atoms with Gasteiger partial charge in [-0.1, -0.05) is 45.9 Å². The Labute approximate surface area is 206 Å². The monoisotopic (exact) mass is 484 g/mol. The molecule has 0 aromatic heterocycles. The minimum atomic E-state index is -1.06. The van der Waals surface area contributed by atoms with E-state index in [1.807, 2.05) is 50.1 Å². The second-order valence-corrected chi connectivity index (χ2v) is 10.0. The minimum Gasteiger partial charge on any atom is -0.354 e. The van der Waals surface area contributed by atoms with Crippen LogP contribution in [0.2, 0.25) is 0 Å². The molecule has 3 N–H and O–H groups in total. The summed E-state index contributed by atoms with van der Waals surface area (Å²) in [5.74, 6) is -1.34. The number of anilines is 1. The number of hydrogen-bond donors (Lipinski definition) is 3. The Morgan fingerprint density at radius 3 is 2.40 bits per heavy atom. The van der Waals surface area contributed by atoms with Crippen molar-refractivity contribution in [2.75, 3.05) is 18.5 Å². The number of carbonyl (C=O) groups excluding carboxylic acids is 4. The van der Waals surface area contributed by atoms with E-state index in [2.05, 4.69) is 29.8 Å². The third kappa shape index (κ3) is 7.14. The van der Waals surface area contributed by atoms with Gasteiger partial charge in [0.15, 0.2) is 12.2 Å². The zero-order valence-electron chi connectivity index (χ0n) is 21.1. The topological polar surface area (TPSA) is 120 Å². The molecule has 3 atom stereocenters. The number of amides is 4. The van der Waals surface area contributed by atoms with Gasteiger partial charge in [-0.2, -0.15) is 0 Å². The van der Waals surface area contributed by atoms with Crippen molar-refractivity contribution < 1.29 is 23.9 Å². The fourth-order valence-corrected chi connectivity index (χ4v) is 4.04. The molecule has 3 rings (SSSR count). The Bertz CT molecular complexity index is 1000. The lowest BCUT2D eigenvalue weighted by molar-refractivity contribution is -0.130. The van der Waals surface area contributed by atoms with E-state index >= 15 is 0 Å². The number of rotatable bonds is 10. The van der Waals surface area contributed by atoms with E-state index in [0.29, 0.717) is 30.9 Å². The molecule has 35 heavy (non-hydrogen) atoms. The van der Waals surface area contributed by atoms with Gasteiger partial charge in [0.05, 0.1) is 0 Å². The maximum absolute atomic E-state index is 12.7. The number of nitrogens with zero attached hydrogens (tertiary/aromatic N) is 1. The van der Waals surface area contributed by atoms with Crippen molar-refractivity contribution in [3.05, 3.63) is 41.6 Å². The second-order valence-electron chi connectivity index (χ2n) is 10.0. The van der Waals surface area contributed by atoms with Crippen LogP contribution in [-0.4, -0.2) is 55.5 Å². The van der Waals surface area contributed by atoms with Crippen molar-refractivity contribution in [3.8, 4) is 0 Å². The van der Waals surface area contributed by atoms with Crippen LogP contribution in [0.25, 0.3) is 0 Å². The zero-order valence-corrected chi connectivity index (χ0v) is 21.1. The van der Waals surface area contributed by atoms with Gasteiger partial charge in [-0.25, -0.2) is 0 Å². The standard InChI is InChI=1S/C26H36N4O5/c1-15(2)10-11-27-24(32)19(12-16(3)4)28-25(33)21-22(35-21)26(34)29-23(31)18-13-17-8-6-7-9-20(17)30(5)14-18/h6-9,14-16,19,21-22H,10-13H2,1-5H3,(H,27,32)(H,28,33)(H,29,31,34)/t19-,21-,22-/m1/s1. The third-order valence-corrected chi connectivity index (χ3v) is 6.00. The van der Waals surface area contributed by atoms with E-state index in [-0.39, 0.29) is 11.8 Å². The average Bonchev–Trinajstić information content (AvgIpc) is 3.59. The van der Waals surface area contributed by atoms with Gasteiger partial charge in [-0.3, -0.25) is 24.5 Å². The summed E-state index contributed by atoms with van der Waals surface area (Å²) < 4.78 is 5.27. The van der Waals surface area contributed by atoms with Crippen LogP contribution in [-0.2, 0) is 30.3 Å². The van der Waals surface area contributed by atoms with E-state index in [1.54, 1.807) is 6.20 Å². The van der Waals surface area contributed by atoms with Crippen molar-refractivity contribution in [1.82, 2.24) is 16.0 Å². The fourth-order valence-electron chi connectivity index (χ4n) is 4.04. The highest BCUT2D eigenvalue weighted by atomic mass is 16.6. The lowest BCUT2D eigenvalue weighted by Crippen LogP contribution is -2.49. The van der Waals surface area contributed by atoms with Gasteiger partial charge in [0.1, 0.15) is 6.04 Å². The predicted octanol–water partition coefficient (Wildman–Crippen LogP) is 1.67. The largest absolute Gasteiger partial charge is 0.354 e. The molecule has 0 saturated carbocycles. The summed E-state index contributed by atoms with van der Waals surface area (Å²) in [6, 6.07) is 7.01. The number of benzene rings is 1. The molecule has 1 fully saturated rings. The summed E-state index contributed by atoms with van der Waals surface area (Å²) in [7, 11) is 1.84. The fraction of sp³-hybridized carbons (Fsp3) is 0.538. The predicted molar refractivity (Wildman–Crippen MR) is 132 cm³/mol. The molecule has 0 bridgehead atoms. The molecular weight excluding hydrogens is 448 g/mol. The van der Waals surface area contributed by atoms with Gasteiger partial charge in [0.25, 0.3) is 17.7 Å². The Balaban J connectivity index is 1.52. The van der Waals surface area contributed by atoms with Crippen LogP contribution < -0.4 is 20.9 Å². The van der Waals surface area contributed by atoms with Gasteiger partial charge in [0.2, 0.25) is 5.91 Å².